The standard InChI is InChI=1S/C15H30/c1-7-8-9-10-13(4)15(6)11-14(5)12(2)3/h11-13,15H,7-10H2,1-6H3. The van der Waals surface area contributed by atoms with Crippen LogP contribution in [-0.2, 0) is 0 Å². The van der Waals surface area contributed by atoms with Crippen LogP contribution in [-0.4, -0.2) is 0 Å². The van der Waals surface area contributed by atoms with Crippen LogP contribution in [0.15, 0.2) is 11.6 Å². The summed E-state index contributed by atoms with van der Waals surface area (Å²) in [5, 5.41) is 0. The molecule has 0 aliphatic carbocycles. The summed E-state index contributed by atoms with van der Waals surface area (Å²) < 4.78 is 0. The highest BCUT2D eigenvalue weighted by Gasteiger charge is 2.10. The third kappa shape index (κ3) is 6.76. The summed E-state index contributed by atoms with van der Waals surface area (Å²) >= 11 is 0. The van der Waals surface area contributed by atoms with E-state index in [0.717, 1.165) is 11.8 Å². The van der Waals surface area contributed by atoms with Crippen molar-refractivity contribution in [3.8, 4) is 0 Å². The van der Waals surface area contributed by atoms with E-state index in [1.54, 1.807) is 5.57 Å². The normalized spacial score (nSPS) is 16.9. The second kappa shape index (κ2) is 7.96. The molecule has 0 saturated heterocycles. The van der Waals surface area contributed by atoms with Crippen molar-refractivity contribution in [1.82, 2.24) is 0 Å². The van der Waals surface area contributed by atoms with Crippen molar-refractivity contribution in [3.05, 3.63) is 11.6 Å². The third-order valence-corrected chi connectivity index (χ3v) is 3.60. The summed E-state index contributed by atoms with van der Waals surface area (Å²) in [6.07, 6.45) is 7.99. The van der Waals surface area contributed by atoms with Gasteiger partial charge in [-0.3, -0.25) is 0 Å². The predicted octanol–water partition coefficient (Wildman–Crippen LogP) is 5.44. The summed E-state index contributed by atoms with van der Waals surface area (Å²) in [6.45, 7) is 13.9. The van der Waals surface area contributed by atoms with Crippen molar-refractivity contribution in [2.45, 2.75) is 67.2 Å². The molecule has 0 aromatic heterocycles. The van der Waals surface area contributed by atoms with Crippen molar-refractivity contribution < 1.29 is 0 Å². The fourth-order valence-corrected chi connectivity index (χ4v) is 1.75. The topological polar surface area (TPSA) is 0 Å². The van der Waals surface area contributed by atoms with Crippen molar-refractivity contribution in [2.24, 2.45) is 17.8 Å². The van der Waals surface area contributed by atoms with E-state index in [0.29, 0.717) is 5.92 Å². The maximum absolute atomic E-state index is 2.47. The molecule has 0 rings (SSSR count). The average Bonchev–Trinajstić information content (AvgIpc) is 2.17. The first-order valence-electron chi connectivity index (χ1n) is 6.67. The fourth-order valence-electron chi connectivity index (χ4n) is 1.75. The van der Waals surface area contributed by atoms with Crippen molar-refractivity contribution >= 4 is 0 Å². The zero-order chi connectivity index (χ0) is 11.8. The molecule has 0 bridgehead atoms. The van der Waals surface area contributed by atoms with Crippen LogP contribution >= 0.6 is 0 Å². The Hall–Kier alpha value is -0.260. The van der Waals surface area contributed by atoms with Gasteiger partial charge in [-0.2, -0.15) is 0 Å². The SMILES string of the molecule is CCCCCC(C)C(C)C=C(C)C(C)C. The van der Waals surface area contributed by atoms with Crippen LogP contribution in [0.1, 0.15) is 67.2 Å². The molecule has 0 aromatic rings. The van der Waals surface area contributed by atoms with Gasteiger partial charge in [-0.15, -0.1) is 0 Å². The summed E-state index contributed by atoms with van der Waals surface area (Å²) in [6, 6.07) is 0. The zero-order valence-electron chi connectivity index (χ0n) is 11.6. The van der Waals surface area contributed by atoms with Crippen LogP contribution in [0, 0.1) is 17.8 Å². The van der Waals surface area contributed by atoms with Gasteiger partial charge in [0.2, 0.25) is 0 Å². The Morgan fingerprint density at radius 3 is 2.13 bits per heavy atom. The van der Waals surface area contributed by atoms with Gasteiger partial charge in [-0.05, 0) is 24.7 Å². The quantitative estimate of drug-likeness (QED) is 0.387. The Morgan fingerprint density at radius 1 is 1.07 bits per heavy atom. The first-order valence-corrected chi connectivity index (χ1v) is 6.67. The molecule has 2 unspecified atom stereocenters. The Bertz CT molecular complexity index is 176. The summed E-state index contributed by atoms with van der Waals surface area (Å²) in [5.74, 6) is 2.28. The van der Waals surface area contributed by atoms with E-state index in [1.165, 1.54) is 25.7 Å². The molecule has 0 aromatic carbocycles. The highest BCUT2D eigenvalue weighted by Crippen LogP contribution is 2.22. The van der Waals surface area contributed by atoms with Gasteiger partial charge in [0.1, 0.15) is 0 Å². The van der Waals surface area contributed by atoms with Crippen LogP contribution in [0.25, 0.3) is 0 Å². The Balaban J connectivity index is 3.97. The second-order valence-corrected chi connectivity index (χ2v) is 5.40. The van der Waals surface area contributed by atoms with Crippen LogP contribution in [0.4, 0.5) is 0 Å². The van der Waals surface area contributed by atoms with Crippen molar-refractivity contribution in [2.75, 3.05) is 0 Å². The van der Waals surface area contributed by atoms with E-state index >= 15 is 0 Å². The lowest BCUT2D eigenvalue weighted by atomic mass is 9.88. The Kier molecular flexibility index (Phi) is 7.82. The number of unbranched alkanes of at least 4 members (excludes halogenated alkanes) is 2. The lowest BCUT2D eigenvalue weighted by Crippen LogP contribution is -2.07. The predicted molar refractivity (Wildman–Crippen MR) is 71.1 cm³/mol. The fraction of sp³-hybridized carbons (Fsp3) is 0.867. The molecular formula is C15H30. The summed E-state index contributed by atoms with van der Waals surface area (Å²) in [5.41, 5.74) is 1.55. The maximum atomic E-state index is 2.47. The highest BCUT2D eigenvalue weighted by molar-refractivity contribution is 5.03. The van der Waals surface area contributed by atoms with Gasteiger partial charge >= 0.3 is 0 Å². The number of allylic oxidation sites excluding steroid dienone is 2. The first kappa shape index (κ1) is 14.7. The van der Waals surface area contributed by atoms with E-state index in [9.17, 15) is 0 Å². The minimum absolute atomic E-state index is 0.704. The van der Waals surface area contributed by atoms with E-state index in [-0.39, 0.29) is 0 Å². The van der Waals surface area contributed by atoms with E-state index < -0.39 is 0 Å². The minimum atomic E-state index is 0.704. The van der Waals surface area contributed by atoms with Crippen LogP contribution in [0.3, 0.4) is 0 Å². The Morgan fingerprint density at radius 2 is 1.67 bits per heavy atom. The molecule has 15 heavy (non-hydrogen) atoms. The number of hydrogen-bond donors (Lipinski definition) is 0. The van der Waals surface area contributed by atoms with Gasteiger partial charge < -0.3 is 0 Å². The number of rotatable bonds is 7. The van der Waals surface area contributed by atoms with Crippen LogP contribution in [0.5, 0.6) is 0 Å². The molecule has 0 nitrogen and oxygen atoms in total. The van der Waals surface area contributed by atoms with Gasteiger partial charge in [0.15, 0.2) is 0 Å². The molecule has 0 saturated carbocycles. The van der Waals surface area contributed by atoms with E-state index in [4.69, 9.17) is 0 Å². The zero-order valence-corrected chi connectivity index (χ0v) is 11.6. The molecular weight excluding hydrogens is 180 g/mol. The first-order chi connectivity index (χ1) is 6.99. The van der Waals surface area contributed by atoms with E-state index in [1.807, 2.05) is 0 Å². The lowest BCUT2D eigenvalue weighted by molar-refractivity contribution is 0.406. The van der Waals surface area contributed by atoms with Gasteiger partial charge in [-0.1, -0.05) is 72.0 Å². The van der Waals surface area contributed by atoms with Crippen molar-refractivity contribution in [1.29, 1.82) is 0 Å². The molecule has 0 heterocycles. The molecule has 2 atom stereocenters. The largest absolute Gasteiger partial charge is 0.0822 e. The lowest BCUT2D eigenvalue weighted by Gasteiger charge is -2.18. The molecule has 0 amide bonds. The molecule has 0 spiro atoms. The maximum Gasteiger partial charge on any atom is -0.0234 e. The second-order valence-electron chi connectivity index (χ2n) is 5.40. The van der Waals surface area contributed by atoms with Crippen LogP contribution in [0.2, 0.25) is 0 Å². The third-order valence-electron chi connectivity index (χ3n) is 3.60. The average molecular weight is 210 g/mol. The monoisotopic (exact) mass is 210 g/mol. The molecule has 90 valence electrons. The number of hydrogen-bond acceptors (Lipinski definition) is 0. The van der Waals surface area contributed by atoms with Gasteiger partial charge in [0, 0.05) is 0 Å². The highest BCUT2D eigenvalue weighted by atomic mass is 14.2. The Labute approximate surface area is 97.2 Å². The summed E-state index contributed by atoms with van der Waals surface area (Å²) in [7, 11) is 0. The minimum Gasteiger partial charge on any atom is -0.0822 e. The summed E-state index contributed by atoms with van der Waals surface area (Å²) in [4.78, 5) is 0. The molecule has 0 N–H and O–H groups in total. The smallest absolute Gasteiger partial charge is 0.0234 e. The molecule has 0 heteroatoms. The van der Waals surface area contributed by atoms with Gasteiger partial charge in [-0.25, -0.2) is 0 Å². The molecule has 0 aliphatic heterocycles. The molecule has 0 aliphatic rings. The molecule has 0 fully saturated rings. The molecule has 0 radical (unpaired) electrons. The van der Waals surface area contributed by atoms with Gasteiger partial charge in [0.05, 0.1) is 0 Å². The van der Waals surface area contributed by atoms with Crippen molar-refractivity contribution in [3.63, 3.8) is 0 Å². The van der Waals surface area contributed by atoms with Crippen LogP contribution < -0.4 is 0 Å². The van der Waals surface area contributed by atoms with Gasteiger partial charge in [0.25, 0.3) is 0 Å². The van der Waals surface area contributed by atoms with E-state index in [2.05, 4.69) is 47.6 Å².